The molecule has 22 heavy (non-hydrogen) atoms. The third-order valence-corrected chi connectivity index (χ3v) is 5.33. The summed E-state index contributed by atoms with van der Waals surface area (Å²) in [7, 11) is 0. The number of nitrogens with zero attached hydrogens (tertiary/aromatic N) is 3. The normalized spacial score (nSPS) is 28.9. The number of amides is 1. The highest BCUT2D eigenvalue weighted by molar-refractivity contribution is 7.13. The summed E-state index contributed by atoms with van der Waals surface area (Å²) in [5, 5.41) is 12.1. The van der Waals surface area contributed by atoms with Gasteiger partial charge in [-0.3, -0.25) is 9.59 Å². The molecule has 0 radical (unpaired) electrons. The van der Waals surface area contributed by atoms with Gasteiger partial charge in [0, 0.05) is 31.2 Å². The molecule has 2 saturated heterocycles. The van der Waals surface area contributed by atoms with Crippen molar-refractivity contribution in [2.45, 2.75) is 32.2 Å². The molecule has 0 aliphatic carbocycles. The van der Waals surface area contributed by atoms with Gasteiger partial charge in [0.1, 0.15) is 6.04 Å². The van der Waals surface area contributed by atoms with E-state index in [1.54, 1.807) is 22.4 Å². The fourth-order valence-electron chi connectivity index (χ4n) is 3.53. The first-order valence-corrected chi connectivity index (χ1v) is 8.62. The van der Waals surface area contributed by atoms with Gasteiger partial charge in [0.15, 0.2) is 5.13 Å². The number of thiazole rings is 1. The number of aliphatic carboxylic acids is 1. The van der Waals surface area contributed by atoms with Gasteiger partial charge in [0.05, 0.1) is 5.92 Å². The first-order valence-electron chi connectivity index (χ1n) is 7.74. The maximum absolute atomic E-state index is 12.9. The second-order valence-corrected chi connectivity index (χ2v) is 7.16. The maximum atomic E-state index is 12.9. The highest BCUT2D eigenvalue weighted by Crippen LogP contribution is 2.30. The second-order valence-electron chi connectivity index (χ2n) is 6.29. The van der Waals surface area contributed by atoms with Crippen LogP contribution in [0.2, 0.25) is 0 Å². The van der Waals surface area contributed by atoms with Crippen LogP contribution >= 0.6 is 11.3 Å². The van der Waals surface area contributed by atoms with Crippen molar-refractivity contribution in [1.82, 2.24) is 9.88 Å². The van der Waals surface area contributed by atoms with Gasteiger partial charge in [0.25, 0.3) is 0 Å². The molecule has 0 saturated carbocycles. The molecule has 0 spiro atoms. The number of hydrogen-bond acceptors (Lipinski definition) is 5. The molecule has 3 unspecified atom stereocenters. The molecule has 1 amide bonds. The van der Waals surface area contributed by atoms with Crippen molar-refractivity contribution in [3.8, 4) is 0 Å². The van der Waals surface area contributed by atoms with Crippen molar-refractivity contribution >= 4 is 28.3 Å². The summed E-state index contributed by atoms with van der Waals surface area (Å²) in [6.07, 6.45) is 4.20. The smallest absolute Gasteiger partial charge is 0.308 e. The minimum atomic E-state index is -0.799. The SMILES string of the molecule is CC1CC(C(=O)O)CN(C(=O)C2CCCN2c2nccs2)C1. The lowest BCUT2D eigenvalue weighted by atomic mass is 9.90. The average molecular weight is 323 g/mol. The quantitative estimate of drug-likeness (QED) is 0.916. The predicted octanol–water partition coefficient (Wildman–Crippen LogP) is 1.68. The van der Waals surface area contributed by atoms with E-state index < -0.39 is 11.9 Å². The molecule has 3 heterocycles. The van der Waals surface area contributed by atoms with E-state index in [1.807, 2.05) is 12.3 Å². The Morgan fingerprint density at radius 3 is 2.91 bits per heavy atom. The highest BCUT2D eigenvalue weighted by Gasteiger charge is 2.39. The third-order valence-electron chi connectivity index (χ3n) is 4.52. The van der Waals surface area contributed by atoms with Gasteiger partial charge >= 0.3 is 5.97 Å². The summed E-state index contributed by atoms with van der Waals surface area (Å²) in [5.41, 5.74) is 0. The van der Waals surface area contributed by atoms with Crippen molar-refractivity contribution in [3.05, 3.63) is 11.6 Å². The molecule has 6 nitrogen and oxygen atoms in total. The number of carboxylic acids is 1. The molecule has 0 aromatic carbocycles. The summed E-state index contributed by atoms with van der Waals surface area (Å²) in [6, 6.07) is -0.189. The van der Waals surface area contributed by atoms with Crippen LogP contribution in [0.4, 0.5) is 5.13 Å². The minimum Gasteiger partial charge on any atom is -0.481 e. The number of carboxylic acid groups (broad SMARTS) is 1. The molecular formula is C15H21N3O3S. The number of likely N-dealkylation sites (tertiary alicyclic amines) is 1. The summed E-state index contributed by atoms with van der Waals surface area (Å²) in [4.78, 5) is 32.3. The zero-order valence-corrected chi connectivity index (χ0v) is 13.5. The zero-order valence-electron chi connectivity index (χ0n) is 12.6. The van der Waals surface area contributed by atoms with Crippen LogP contribution < -0.4 is 4.90 Å². The van der Waals surface area contributed by atoms with Crippen molar-refractivity contribution in [1.29, 1.82) is 0 Å². The van der Waals surface area contributed by atoms with Crippen LogP contribution in [0.15, 0.2) is 11.6 Å². The highest BCUT2D eigenvalue weighted by atomic mass is 32.1. The van der Waals surface area contributed by atoms with Crippen LogP contribution in [0.3, 0.4) is 0 Å². The fourth-order valence-corrected chi connectivity index (χ4v) is 4.25. The van der Waals surface area contributed by atoms with Gasteiger partial charge in [0.2, 0.25) is 5.91 Å². The lowest BCUT2D eigenvalue weighted by molar-refractivity contribution is -0.147. The number of carbonyl (C=O) groups is 2. The Hall–Kier alpha value is -1.63. The Morgan fingerprint density at radius 2 is 2.23 bits per heavy atom. The van der Waals surface area contributed by atoms with Crippen LogP contribution in [0.5, 0.6) is 0 Å². The van der Waals surface area contributed by atoms with E-state index >= 15 is 0 Å². The third kappa shape index (κ3) is 2.95. The topological polar surface area (TPSA) is 73.7 Å². The monoisotopic (exact) mass is 323 g/mol. The molecule has 2 fully saturated rings. The summed E-state index contributed by atoms with van der Waals surface area (Å²) < 4.78 is 0. The lowest BCUT2D eigenvalue weighted by Crippen LogP contribution is -2.52. The Balaban J connectivity index is 1.73. The molecule has 7 heteroatoms. The van der Waals surface area contributed by atoms with Crippen LogP contribution in [0.1, 0.15) is 26.2 Å². The second kappa shape index (κ2) is 6.24. The van der Waals surface area contributed by atoms with Gasteiger partial charge in [-0.2, -0.15) is 0 Å². The molecule has 1 aromatic heterocycles. The average Bonchev–Trinajstić information content (AvgIpc) is 3.16. The van der Waals surface area contributed by atoms with E-state index in [1.165, 1.54) is 0 Å². The van der Waals surface area contributed by atoms with Crippen molar-refractivity contribution in [2.24, 2.45) is 11.8 Å². The molecule has 2 aliphatic heterocycles. The fraction of sp³-hybridized carbons (Fsp3) is 0.667. The van der Waals surface area contributed by atoms with E-state index in [0.717, 1.165) is 24.5 Å². The van der Waals surface area contributed by atoms with Gasteiger partial charge in [-0.1, -0.05) is 6.92 Å². The van der Waals surface area contributed by atoms with Crippen molar-refractivity contribution < 1.29 is 14.7 Å². The number of piperidine rings is 1. The molecule has 1 aromatic rings. The minimum absolute atomic E-state index is 0.0606. The first kappa shape index (κ1) is 15.3. The summed E-state index contributed by atoms with van der Waals surface area (Å²) in [6.45, 7) is 3.85. The van der Waals surface area contributed by atoms with Crippen LogP contribution in [-0.4, -0.2) is 52.5 Å². The van der Waals surface area contributed by atoms with Gasteiger partial charge in [-0.15, -0.1) is 11.3 Å². The van der Waals surface area contributed by atoms with Crippen LogP contribution in [0.25, 0.3) is 0 Å². The van der Waals surface area contributed by atoms with Crippen molar-refractivity contribution in [3.63, 3.8) is 0 Å². The Bertz CT molecular complexity index is 548. The molecule has 0 bridgehead atoms. The Labute approximate surface area is 133 Å². The number of anilines is 1. The molecule has 3 atom stereocenters. The van der Waals surface area contributed by atoms with E-state index in [2.05, 4.69) is 9.88 Å². The first-order chi connectivity index (χ1) is 10.6. The van der Waals surface area contributed by atoms with E-state index in [0.29, 0.717) is 19.5 Å². The van der Waals surface area contributed by atoms with Crippen LogP contribution in [0, 0.1) is 11.8 Å². The number of aromatic nitrogens is 1. The zero-order chi connectivity index (χ0) is 15.7. The van der Waals surface area contributed by atoms with Gasteiger partial charge < -0.3 is 14.9 Å². The van der Waals surface area contributed by atoms with E-state index in [9.17, 15) is 14.7 Å². The number of hydrogen-bond donors (Lipinski definition) is 1. The van der Waals surface area contributed by atoms with Gasteiger partial charge in [-0.05, 0) is 25.2 Å². The number of rotatable bonds is 3. The van der Waals surface area contributed by atoms with E-state index in [4.69, 9.17) is 0 Å². The predicted molar refractivity (Wildman–Crippen MR) is 84.0 cm³/mol. The van der Waals surface area contributed by atoms with Crippen molar-refractivity contribution in [2.75, 3.05) is 24.5 Å². The number of carbonyl (C=O) groups excluding carboxylic acids is 1. The van der Waals surface area contributed by atoms with Gasteiger partial charge in [-0.25, -0.2) is 4.98 Å². The van der Waals surface area contributed by atoms with E-state index in [-0.39, 0.29) is 17.9 Å². The van der Waals surface area contributed by atoms with Crippen LogP contribution in [-0.2, 0) is 9.59 Å². The standard InChI is InChI=1S/C15H21N3O3S/c1-10-7-11(14(20)21)9-17(8-10)13(19)12-3-2-5-18(12)15-16-4-6-22-15/h4,6,10-12H,2-3,5,7-9H2,1H3,(H,20,21). The Morgan fingerprint density at radius 1 is 1.41 bits per heavy atom. The maximum Gasteiger partial charge on any atom is 0.308 e. The summed E-state index contributed by atoms with van der Waals surface area (Å²) in [5.74, 6) is -0.950. The molecule has 120 valence electrons. The molecular weight excluding hydrogens is 302 g/mol. The molecule has 2 aliphatic rings. The largest absolute Gasteiger partial charge is 0.481 e. The summed E-state index contributed by atoms with van der Waals surface area (Å²) >= 11 is 1.54. The molecule has 3 rings (SSSR count). The lowest BCUT2D eigenvalue weighted by Gasteiger charge is -2.37. The Kier molecular flexibility index (Phi) is 4.33. The molecule has 1 N–H and O–H groups in total.